The lowest BCUT2D eigenvalue weighted by molar-refractivity contribution is -0.122. The molecule has 0 saturated heterocycles. The smallest absolute Gasteiger partial charge is 0.290 e. The van der Waals surface area contributed by atoms with Crippen LogP contribution in [0.25, 0.3) is 6.08 Å². The van der Waals surface area contributed by atoms with Crippen LogP contribution in [0.4, 0.5) is 0 Å². The number of phenolic OH excluding ortho intramolecular Hbond substituents is 1. The fourth-order valence-corrected chi connectivity index (χ4v) is 0.610. The van der Waals surface area contributed by atoms with Gasteiger partial charge >= 0.3 is 0 Å². The quantitative estimate of drug-likeness (QED) is 0.624. The van der Waals surface area contributed by atoms with Crippen LogP contribution in [0, 0.1) is 0 Å². The molecular formula is C9H10O3. The van der Waals surface area contributed by atoms with Gasteiger partial charge in [0, 0.05) is 0 Å². The van der Waals surface area contributed by atoms with Gasteiger partial charge in [0.15, 0.2) is 0 Å². The van der Waals surface area contributed by atoms with Crippen molar-refractivity contribution < 1.29 is 15.0 Å². The molecule has 0 saturated carbocycles. The van der Waals surface area contributed by atoms with Gasteiger partial charge in [0.1, 0.15) is 5.75 Å². The monoisotopic (exact) mass is 166 g/mol. The van der Waals surface area contributed by atoms with Gasteiger partial charge in [-0.3, -0.25) is 4.79 Å². The molecule has 0 aliphatic carbocycles. The van der Waals surface area contributed by atoms with Crippen molar-refractivity contribution in [3.63, 3.8) is 0 Å². The number of aromatic hydroxyl groups is 1. The maximum absolute atomic E-state index is 8.82. The number of rotatable bonds is 1. The molecule has 0 aliphatic rings. The second-order valence-electron chi connectivity index (χ2n) is 1.90. The number of hydrogen-bond donors (Lipinski definition) is 2. The predicted molar refractivity (Wildman–Crippen MR) is 46.9 cm³/mol. The van der Waals surface area contributed by atoms with E-state index in [1.807, 2.05) is 12.1 Å². The number of phenols is 1. The maximum Gasteiger partial charge on any atom is 0.290 e. The van der Waals surface area contributed by atoms with E-state index in [-0.39, 0.29) is 6.47 Å². The summed E-state index contributed by atoms with van der Waals surface area (Å²) < 4.78 is 0. The fraction of sp³-hybridized carbons (Fsp3) is 0. The summed E-state index contributed by atoms with van der Waals surface area (Å²) in [4.78, 5) is 8.36. The number of benzene rings is 1. The summed E-state index contributed by atoms with van der Waals surface area (Å²) in [5.74, 6) is 0.292. The SMILES string of the molecule is C=Cc1ccc(O)cc1.O=CO. The summed E-state index contributed by atoms with van der Waals surface area (Å²) in [6.07, 6.45) is 1.74. The van der Waals surface area contributed by atoms with Crippen molar-refractivity contribution in [2.45, 2.75) is 0 Å². The van der Waals surface area contributed by atoms with Crippen molar-refractivity contribution >= 4 is 12.5 Å². The zero-order chi connectivity index (χ0) is 9.40. The van der Waals surface area contributed by atoms with Crippen LogP contribution in [0.2, 0.25) is 0 Å². The average Bonchev–Trinajstić information content (AvgIpc) is 2.07. The highest BCUT2D eigenvalue weighted by atomic mass is 16.3. The maximum atomic E-state index is 8.82. The molecule has 0 bridgehead atoms. The van der Waals surface area contributed by atoms with Gasteiger partial charge in [0.2, 0.25) is 0 Å². The highest BCUT2D eigenvalue weighted by Crippen LogP contribution is 2.09. The minimum absolute atomic E-state index is 0.250. The molecule has 0 spiro atoms. The Morgan fingerprint density at radius 3 is 2.00 bits per heavy atom. The van der Waals surface area contributed by atoms with Crippen LogP contribution in [-0.4, -0.2) is 16.7 Å². The summed E-state index contributed by atoms with van der Waals surface area (Å²) in [5.41, 5.74) is 1.02. The van der Waals surface area contributed by atoms with E-state index in [1.165, 1.54) is 0 Å². The molecule has 0 aromatic heterocycles. The molecule has 1 rings (SSSR count). The summed E-state index contributed by atoms with van der Waals surface area (Å²) in [5, 5.41) is 15.7. The number of hydrogen-bond acceptors (Lipinski definition) is 2. The standard InChI is InChI=1S/C8H8O.CH2O2/c1-2-7-3-5-8(9)6-4-7;2-1-3/h2-6,9H,1H2;1H,(H,2,3). The Morgan fingerprint density at radius 1 is 1.25 bits per heavy atom. The molecule has 0 atom stereocenters. The fourth-order valence-electron chi connectivity index (χ4n) is 0.610. The molecule has 0 radical (unpaired) electrons. The van der Waals surface area contributed by atoms with Crippen LogP contribution >= 0.6 is 0 Å². The summed E-state index contributed by atoms with van der Waals surface area (Å²) >= 11 is 0. The Balaban J connectivity index is 0.000000354. The normalized spacial score (nSPS) is 7.67. The molecule has 0 aliphatic heterocycles. The van der Waals surface area contributed by atoms with Crippen LogP contribution in [0.1, 0.15) is 5.56 Å². The molecule has 2 N–H and O–H groups in total. The van der Waals surface area contributed by atoms with Gasteiger partial charge in [-0.25, -0.2) is 0 Å². The molecule has 0 heterocycles. The first kappa shape index (κ1) is 10.2. The van der Waals surface area contributed by atoms with Crippen molar-refractivity contribution in [2.75, 3.05) is 0 Å². The highest BCUT2D eigenvalue weighted by Gasteiger charge is 1.84. The van der Waals surface area contributed by atoms with Gasteiger partial charge in [-0.15, -0.1) is 0 Å². The molecule has 0 unspecified atom stereocenters. The Kier molecular flexibility index (Phi) is 5.09. The van der Waals surface area contributed by atoms with Crippen LogP contribution < -0.4 is 0 Å². The molecular weight excluding hydrogens is 156 g/mol. The van der Waals surface area contributed by atoms with E-state index in [1.54, 1.807) is 18.2 Å². The lowest BCUT2D eigenvalue weighted by Gasteiger charge is -1.90. The van der Waals surface area contributed by atoms with Gasteiger partial charge in [-0.1, -0.05) is 24.8 Å². The van der Waals surface area contributed by atoms with Crippen LogP contribution in [0.5, 0.6) is 5.75 Å². The molecule has 0 amide bonds. The van der Waals surface area contributed by atoms with Crippen LogP contribution in [0.15, 0.2) is 30.8 Å². The van der Waals surface area contributed by atoms with Crippen molar-refractivity contribution in [1.29, 1.82) is 0 Å². The highest BCUT2D eigenvalue weighted by molar-refractivity contribution is 5.47. The minimum atomic E-state index is -0.250. The van der Waals surface area contributed by atoms with Gasteiger partial charge < -0.3 is 10.2 Å². The van der Waals surface area contributed by atoms with E-state index < -0.39 is 0 Å². The molecule has 1 aromatic rings. The van der Waals surface area contributed by atoms with Crippen molar-refractivity contribution in [1.82, 2.24) is 0 Å². The number of carbonyl (C=O) groups is 1. The van der Waals surface area contributed by atoms with E-state index in [0.29, 0.717) is 5.75 Å². The van der Waals surface area contributed by atoms with E-state index in [9.17, 15) is 0 Å². The molecule has 1 aromatic carbocycles. The van der Waals surface area contributed by atoms with E-state index in [0.717, 1.165) is 5.56 Å². The summed E-state index contributed by atoms with van der Waals surface area (Å²) in [7, 11) is 0. The van der Waals surface area contributed by atoms with Gasteiger partial charge in [0.05, 0.1) is 0 Å². The second-order valence-corrected chi connectivity index (χ2v) is 1.90. The van der Waals surface area contributed by atoms with Gasteiger partial charge in [0.25, 0.3) is 6.47 Å². The molecule has 64 valence electrons. The summed E-state index contributed by atoms with van der Waals surface area (Å²) in [6.45, 7) is 3.33. The van der Waals surface area contributed by atoms with E-state index in [4.69, 9.17) is 15.0 Å². The minimum Gasteiger partial charge on any atom is -0.508 e. The van der Waals surface area contributed by atoms with Crippen LogP contribution in [-0.2, 0) is 4.79 Å². The zero-order valence-electron chi connectivity index (χ0n) is 6.47. The predicted octanol–water partition coefficient (Wildman–Crippen LogP) is 1.74. The third kappa shape index (κ3) is 4.11. The molecule has 12 heavy (non-hydrogen) atoms. The topological polar surface area (TPSA) is 57.5 Å². The zero-order valence-corrected chi connectivity index (χ0v) is 6.47. The Morgan fingerprint density at radius 2 is 1.67 bits per heavy atom. The second kappa shape index (κ2) is 5.97. The number of carboxylic acid groups (broad SMARTS) is 1. The van der Waals surface area contributed by atoms with E-state index in [2.05, 4.69) is 6.58 Å². The molecule has 0 fully saturated rings. The largest absolute Gasteiger partial charge is 0.508 e. The third-order valence-corrected chi connectivity index (χ3v) is 1.13. The Labute approximate surface area is 70.6 Å². The van der Waals surface area contributed by atoms with Gasteiger partial charge in [-0.05, 0) is 17.7 Å². The molecule has 3 heteroatoms. The van der Waals surface area contributed by atoms with Crippen molar-refractivity contribution in [3.8, 4) is 5.75 Å². The Bertz CT molecular complexity index is 238. The first-order chi connectivity index (χ1) is 5.74. The van der Waals surface area contributed by atoms with Crippen molar-refractivity contribution in [2.24, 2.45) is 0 Å². The summed E-state index contributed by atoms with van der Waals surface area (Å²) in [6, 6.07) is 6.89. The third-order valence-electron chi connectivity index (χ3n) is 1.13. The Hall–Kier alpha value is -1.77. The molecule has 3 nitrogen and oxygen atoms in total. The van der Waals surface area contributed by atoms with Crippen molar-refractivity contribution in [3.05, 3.63) is 36.4 Å². The lowest BCUT2D eigenvalue weighted by Crippen LogP contribution is -1.67. The average molecular weight is 166 g/mol. The van der Waals surface area contributed by atoms with Gasteiger partial charge in [-0.2, -0.15) is 0 Å². The lowest BCUT2D eigenvalue weighted by atomic mass is 10.2. The van der Waals surface area contributed by atoms with E-state index >= 15 is 0 Å². The first-order valence-corrected chi connectivity index (χ1v) is 3.24. The first-order valence-electron chi connectivity index (χ1n) is 3.24. The van der Waals surface area contributed by atoms with Crippen LogP contribution in [0.3, 0.4) is 0 Å².